The summed E-state index contributed by atoms with van der Waals surface area (Å²) in [4.78, 5) is 19.5. The van der Waals surface area contributed by atoms with Crippen molar-refractivity contribution in [1.29, 1.82) is 0 Å². The third-order valence-corrected chi connectivity index (χ3v) is 6.24. The summed E-state index contributed by atoms with van der Waals surface area (Å²) in [5.74, 6) is 0.312. The normalized spacial score (nSPS) is 17.0. The molecule has 1 N–H and O–H groups in total. The van der Waals surface area contributed by atoms with Gasteiger partial charge in [-0.1, -0.05) is 60.3 Å². The Morgan fingerprint density at radius 2 is 2.03 bits per heavy atom. The number of carbonyl (C=O) groups is 1. The lowest BCUT2D eigenvalue weighted by Gasteiger charge is -2.33. The van der Waals surface area contributed by atoms with Gasteiger partial charge in [-0.25, -0.2) is 4.98 Å². The molecule has 7 heteroatoms. The maximum Gasteiger partial charge on any atom is 0.230 e. The van der Waals surface area contributed by atoms with Gasteiger partial charge < -0.3 is 14.6 Å². The molecule has 1 unspecified atom stereocenters. The minimum atomic E-state index is -0.00834. The fourth-order valence-corrected chi connectivity index (χ4v) is 4.62. The first-order valence-corrected chi connectivity index (χ1v) is 11.5. The van der Waals surface area contributed by atoms with Gasteiger partial charge in [0.15, 0.2) is 5.16 Å². The minimum absolute atomic E-state index is 0.00834. The van der Waals surface area contributed by atoms with Gasteiger partial charge in [-0.2, -0.15) is 0 Å². The second-order valence-corrected chi connectivity index (χ2v) is 8.53. The number of rotatable bonds is 9. The van der Waals surface area contributed by atoms with Gasteiger partial charge in [-0.05, 0) is 17.7 Å². The zero-order valence-electron chi connectivity index (χ0n) is 17.6. The Morgan fingerprint density at radius 1 is 1.23 bits per heavy atom. The van der Waals surface area contributed by atoms with Gasteiger partial charge >= 0.3 is 0 Å². The van der Waals surface area contributed by atoms with Crippen LogP contribution in [0.15, 0.2) is 72.4 Å². The molecule has 1 fully saturated rings. The number of carbonyl (C=O) groups excluding carboxylic acids is 1. The van der Waals surface area contributed by atoms with Crippen molar-refractivity contribution in [2.45, 2.75) is 24.3 Å². The van der Waals surface area contributed by atoms with Crippen LogP contribution < -0.4 is 5.32 Å². The van der Waals surface area contributed by atoms with Crippen LogP contribution in [0, 0.1) is 0 Å². The molecule has 3 aromatic rings. The largest absolute Gasteiger partial charge is 0.374 e. The Kier molecular flexibility index (Phi) is 7.40. The number of imidazole rings is 1. The summed E-state index contributed by atoms with van der Waals surface area (Å²) in [5.41, 5.74) is 3.28. The van der Waals surface area contributed by atoms with E-state index in [2.05, 4.69) is 50.6 Å². The molecule has 0 spiro atoms. The van der Waals surface area contributed by atoms with Crippen LogP contribution in [0.3, 0.4) is 0 Å². The van der Waals surface area contributed by atoms with E-state index in [1.54, 1.807) is 0 Å². The highest BCUT2D eigenvalue weighted by molar-refractivity contribution is 7.99. The zero-order valence-corrected chi connectivity index (χ0v) is 18.4. The van der Waals surface area contributed by atoms with Crippen molar-refractivity contribution in [3.63, 3.8) is 0 Å². The molecule has 0 radical (unpaired) electrons. The Bertz CT molecular complexity index is 1020. The molecule has 0 aliphatic carbocycles. The minimum Gasteiger partial charge on any atom is -0.374 e. The molecule has 2 aromatic carbocycles. The number of aromatic nitrogens is 2. The summed E-state index contributed by atoms with van der Waals surface area (Å²) in [6.07, 6.45) is 1.86. The number of thioether (sulfide) groups is 1. The summed E-state index contributed by atoms with van der Waals surface area (Å²) in [6, 6.07) is 18.4. The molecule has 1 aliphatic rings. The number of benzene rings is 2. The van der Waals surface area contributed by atoms with E-state index in [0.29, 0.717) is 25.4 Å². The maximum atomic E-state index is 12.5. The smallest absolute Gasteiger partial charge is 0.230 e. The van der Waals surface area contributed by atoms with Crippen LogP contribution in [-0.2, 0) is 22.6 Å². The molecule has 1 aliphatic heterocycles. The topological polar surface area (TPSA) is 59.4 Å². The average molecular weight is 437 g/mol. The van der Waals surface area contributed by atoms with Gasteiger partial charge in [0.25, 0.3) is 0 Å². The monoisotopic (exact) mass is 436 g/mol. The standard InChI is InChI=1S/C24H28N4O2S/c1-2-12-28-22-11-7-6-10-21(22)26-24(28)31-18-23(29)25-15-20-17-27(13-14-30-20)16-19-8-4-3-5-9-19/h2-11,20H,1,12-18H2,(H,25,29). The van der Waals surface area contributed by atoms with Gasteiger partial charge in [-0.15, -0.1) is 6.58 Å². The number of fused-ring (bicyclic) bond motifs is 1. The number of nitrogens with one attached hydrogen (secondary N) is 1. The zero-order chi connectivity index (χ0) is 21.5. The Morgan fingerprint density at radius 3 is 2.87 bits per heavy atom. The lowest BCUT2D eigenvalue weighted by atomic mass is 10.2. The molecule has 0 saturated carbocycles. The predicted octanol–water partition coefficient (Wildman–Crippen LogP) is 3.33. The van der Waals surface area contributed by atoms with Crippen LogP contribution in [0.5, 0.6) is 0 Å². The number of hydrogen-bond donors (Lipinski definition) is 1. The van der Waals surface area contributed by atoms with Gasteiger partial charge in [0.05, 0.1) is 29.5 Å². The van der Waals surface area contributed by atoms with E-state index in [-0.39, 0.29) is 12.0 Å². The quantitative estimate of drug-likeness (QED) is 0.412. The number of para-hydroxylation sites is 2. The molecular weight excluding hydrogens is 408 g/mol. The number of amides is 1. The van der Waals surface area contributed by atoms with E-state index >= 15 is 0 Å². The molecule has 162 valence electrons. The van der Waals surface area contributed by atoms with Crippen LogP contribution in [0.2, 0.25) is 0 Å². The highest BCUT2D eigenvalue weighted by Crippen LogP contribution is 2.24. The van der Waals surface area contributed by atoms with Crippen LogP contribution in [0.1, 0.15) is 5.56 Å². The molecule has 2 heterocycles. The highest BCUT2D eigenvalue weighted by Gasteiger charge is 2.21. The van der Waals surface area contributed by atoms with E-state index in [9.17, 15) is 4.79 Å². The van der Waals surface area contributed by atoms with E-state index in [1.807, 2.05) is 36.4 Å². The second kappa shape index (κ2) is 10.6. The van der Waals surface area contributed by atoms with Crippen LogP contribution in [0.25, 0.3) is 11.0 Å². The van der Waals surface area contributed by atoms with E-state index < -0.39 is 0 Å². The van der Waals surface area contributed by atoms with Gasteiger partial charge in [0.2, 0.25) is 5.91 Å². The number of ether oxygens (including phenoxy) is 1. The number of nitrogens with zero attached hydrogens (tertiary/aromatic N) is 3. The fourth-order valence-electron chi connectivity index (χ4n) is 3.77. The molecule has 6 nitrogen and oxygen atoms in total. The maximum absolute atomic E-state index is 12.5. The number of morpholine rings is 1. The van der Waals surface area contributed by atoms with Crippen molar-refractivity contribution in [1.82, 2.24) is 19.8 Å². The van der Waals surface area contributed by atoms with E-state index in [0.717, 1.165) is 35.8 Å². The average Bonchev–Trinajstić information content (AvgIpc) is 3.15. The molecule has 4 rings (SSSR count). The van der Waals surface area contributed by atoms with E-state index in [1.165, 1.54) is 17.3 Å². The summed E-state index contributed by atoms with van der Waals surface area (Å²) >= 11 is 1.45. The summed E-state index contributed by atoms with van der Waals surface area (Å²) in [5, 5.41) is 3.86. The first kappa shape index (κ1) is 21.6. The van der Waals surface area contributed by atoms with Crippen molar-refractivity contribution in [2.24, 2.45) is 0 Å². The first-order chi connectivity index (χ1) is 15.2. The van der Waals surface area contributed by atoms with Crippen LogP contribution in [0.4, 0.5) is 0 Å². The Labute approximate surface area is 187 Å². The lowest BCUT2D eigenvalue weighted by Crippen LogP contribution is -2.47. The second-order valence-electron chi connectivity index (χ2n) is 7.59. The molecular formula is C24H28N4O2S. The molecule has 1 amide bonds. The van der Waals surface area contributed by atoms with Crippen molar-refractivity contribution in [2.75, 3.05) is 32.0 Å². The van der Waals surface area contributed by atoms with Crippen molar-refractivity contribution < 1.29 is 9.53 Å². The molecule has 0 bridgehead atoms. The number of hydrogen-bond acceptors (Lipinski definition) is 5. The van der Waals surface area contributed by atoms with Crippen molar-refractivity contribution in [3.05, 3.63) is 72.8 Å². The molecule has 1 atom stereocenters. The van der Waals surface area contributed by atoms with E-state index in [4.69, 9.17) is 4.74 Å². The third kappa shape index (κ3) is 5.76. The van der Waals surface area contributed by atoms with Crippen LogP contribution >= 0.6 is 11.8 Å². The van der Waals surface area contributed by atoms with Crippen molar-refractivity contribution in [3.8, 4) is 0 Å². The van der Waals surface area contributed by atoms with Gasteiger partial charge in [0.1, 0.15) is 0 Å². The van der Waals surface area contributed by atoms with Crippen LogP contribution in [-0.4, -0.2) is 58.5 Å². The third-order valence-electron chi connectivity index (χ3n) is 5.26. The molecule has 31 heavy (non-hydrogen) atoms. The molecule has 1 saturated heterocycles. The predicted molar refractivity (Wildman–Crippen MR) is 125 cm³/mol. The van der Waals surface area contributed by atoms with Crippen molar-refractivity contribution >= 4 is 28.7 Å². The highest BCUT2D eigenvalue weighted by atomic mass is 32.2. The summed E-state index contributed by atoms with van der Waals surface area (Å²) in [6.45, 7) is 8.35. The number of allylic oxidation sites excluding steroid dienone is 1. The lowest BCUT2D eigenvalue weighted by molar-refractivity contribution is -0.119. The van der Waals surface area contributed by atoms with Gasteiger partial charge in [0, 0.05) is 32.7 Å². The molecule has 1 aromatic heterocycles. The first-order valence-electron chi connectivity index (χ1n) is 10.6. The SMILES string of the molecule is C=CCn1c(SCC(=O)NCC2CN(Cc3ccccc3)CCO2)nc2ccccc21. The summed E-state index contributed by atoms with van der Waals surface area (Å²) < 4.78 is 7.95. The Balaban J connectivity index is 1.26. The summed E-state index contributed by atoms with van der Waals surface area (Å²) in [7, 11) is 0. The fraction of sp³-hybridized carbons (Fsp3) is 0.333. The Hall–Kier alpha value is -2.61. The van der Waals surface area contributed by atoms with Gasteiger partial charge in [-0.3, -0.25) is 9.69 Å².